The summed E-state index contributed by atoms with van der Waals surface area (Å²) in [4.78, 5) is 9.19. The second-order valence-corrected chi connectivity index (χ2v) is 8.37. The molecule has 1 rings (SSSR count). The van der Waals surface area contributed by atoms with Crippen molar-refractivity contribution < 1.29 is 31.1 Å². The van der Waals surface area contributed by atoms with Crippen molar-refractivity contribution in [2.24, 2.45) is 0 Å². The molecule has 6 nitrogen and oxygen atoms in total. The van der Waals surface area contributed by atoms with E-state index in [1.807, 2.05) is 0 Å². The Kier molecular flexibility index (Phi) is 4.25. The van der Waals surface area contributed by atoms with Crippen molar-refractivity contribution in [3.8, 4) is 0 Å². The Morgan fingerprint density at radius 3 is 2.00 bits per heavy atom. The summed E-state index contributed by atoms with van der Waals surface area (Å²) in [7, 11) is -8.14. The average molecular weight is 324 g/mol. The van der Waals surface area contributed by atoms with Crippen molar-refractivity contribution in [3.63, 3.8) is 0 Å². The second-order valence-electron chi connectivity index (χ2n) is 4.43. The Hall–Kier alpha value is -1.48. The summed E-state index contributed by atoms with van der Waals surface area (Å²) in [5.74, 6) is -3.73. The second kappa shape index (κ2) is 5.13. The third kappa shape index (κ3) is 3.34. The van der Waals surface area contributed by atoms with Crippen LogP contribution in [0.5, 0.6) is 0 Å². The highest BCUT2D eigenvalue weighted by molar-refractivity contribution is 7.93. The van der Waals surface area contributed by atoms with Gasteiger partial charge < -0.3 is 5.11 Å². The molecule has 0 aliphatic carbocycles. The van der Waals surface area contributed by atoms with Crippen LogP contribution in [0.25, 0.3) is 0 Å². The van der Waals surface area contributed by atoms with Crippen molar-refractivity contribution in [2.45, 2.75) is 22.6 Å². The van der Waals surface area contributed by atoms with Gasteiger partial charge in [0.05, 0.1) is 10.8 Å². The Morgan fingerprint density at radius 2 is 1.65 bits per heavy atom. The molecule has 0 heterocycles. The van der Waals surface area contributed by atoms with E-state index < -0.39 is 47.2 Å². The lowest BCUT2D eigenvalue weighted by molar-refractivity contribution is -0.138. The van der Waals surface area contributed by atoms with Crippen molar-refractivity contribution in [1.82, 2.24) is 0 Å². The Balaban J connectivity index is 3.81. The molecule has 0 radical (unpaired) electrons. The van der Waals surface area contributed by atoms with Crippen LogP contribution in [0.15, 0.2) is 21.9 Å². The van der Waals surface area contributed by atoms with Crippen molar-refractivity contribution in [3.05, 3.63) is 23.5 Å². The maximum absolute atomic E-state index is 13.9. The van der Waals surface area contributed by atoms with Crippen LogP contribution in [0.4, 0.5) is 4.39 Å². The first kappa shape index (κ1) is 16.6. The summed E-state index contributed by atoms with van der Waals surface area (Å²) in [6.45, 7) is 1.24. The molecule has 0 amide bonds. The van der Waals surface area contributed by atoms with E-state index in [-0.39, 0.29) is 5.56 Å². The molecular weight excluding hydrogens is 311 g/mol. The van der Waals surface area contributed by atoms with Crippen molar-refractivity contribution >= 4 is 25.6 Å². The summed E-state index contributed by atoms with van der Waals surface area (Å²) in [6.07, 6.45) is 1.41. The minimum absolute atomic E-state index is 0.122. The minimum Gasteiger partial charge on any atom is -0.481 e. The molecule has 0 bridgehead atoms. The van der Waals surface area contributed by atoms with Gasteiger partial charge in [-0.05, 0) is 24.6 Å². The van der Waals surface area contributed by atoms with Crippen molar-refractivity contribution in [2.75, 3.05) is 12.5 Å². The summed E-state index contributed by atoms with van der Waals surface area (Å²) in [6, 6.07) is 1.61. The fraction of sp³-hybridized carbons (Fsp3) is 0.364. The van der Waals surface area contributed by atoms with Crippen LogP contribution in [0, 0.1) is 5.82 Å². The summed E-state index contributed by atoms with van der Waals surface area (Å²) < 4.78 is 60.2. The van der Waals surface area contributed by atoms with Gasteiger partial charge in [-0.1, -0.05) is 0 Å². The normalized spacial score (nSPS) is 14.0. The number of aliphatic carboxylic acids is 1. The molecule has 1 unspecified atom stereocenters. The molecule has 1 N–H and O–H groups in total. The van der Waals surface area contributed by atoms with Gasteiger partial charge in [-0.15, -0.1) is 0 Å². The topological polar surface area (TPSA) is 106 Å². The first-order valence-electron chi connectivity index (χ1n) is 5.32. The zero-order valence-electron chi connectivity index (χ0n) is 10.9. The van der Waals surface area contributed by atoms with E-state index in [4.69, 9.17) is 5.11 Å². The molecule has 0 aliphatic rings. The van der Waals surface area contributed by atoms with Crippen LogP contribution >= 0.6 is 0 Å². The fourth-order valence-corrected chi connectivity index (χ4v) is 4.15. The average Bonchev–Trinajstić information content (AvgIpc) is 2.23. The first-order valence-corrected chi connectivity index (χ1v) is 9.10. The Labute approximate surface area is 116 Å². The smallest absolute Gasteiger partial charge is 0.310 e. The molecule has 0 saturated carbocycles. The summed E-state index contributed by atoms with van der Waals surface area (Å²) >= 11 is 0. The third-order valence-electron chi connectivity index (χ3n) is 2.67. The van der Waals surface area contributed by atoms with Gasteiger partial charge in [0.25, 0.3) is 0 Å². The number of sulfone groups is 2. The third-order valence-corrected chi connectivity index (χ3v) is 5.08. The molecule has 9 heteroatoms. The van der Waals surface area contributed by atoms with E-state index in [0.29, 0.717) is 6.26 Å². The van der Waals surface area contributed by atoms with E-state index in [9.17, 15) is 26.0 Å². The SMILES string of the molecule is CC(C(=O)O)c1cc(F)c(S(C)(=O)=O)c(S(C)(=O)=O)c1. The van der Waals surface area contributed by atoms with E-state index in [0.717, 1.165) is 18.4 Å². The van der Waals surface area contributed by atoms with E-state index in [2.05, 4.69) is 0 Å². The Bertz CT molecular complexity index is 764. The maximum atomic E-state index is 13.9. The van der Waals surface area contributed by atoms with Crippen molar-refractivity contribution in [1.29, 1.82) is 0 Å². The number of carbonyl (C=O) groups is 1. The number of carboxylic acid groups (broad SMARTS) is 1. The molecule has 20 heavy (non-hydrogen) atoms. The van der Waals surface area contributed by atoms with Crippen LogP contribution in [0.2, 0.25) is 0 Å². The van der Waals surface area contributed by atoms with Crippen LogP contribution in [-0.2, 0) is 24.5 Å². The number of benzene rings is 1. The number of halogens is 1. The van der Waals surface area contributed by atoms with E-state index in [1.165, 1.54) is 6.92 Å². The lowest BCUT2D eigenvalue weighted by atomic mass is 10.0. The summed E-state index contributed by atoms with van der Waals surface area (Å²) in [5, 5.41) is 8.86. The largest absolute Gasteiger partial charge is 0.481 e. The molecule has 1 atom stereocenters. The zero-order valence-corrected chi connectivity index (χ0v) is 12.5. The monoisotopic (exact) mass is 324 g/mol. The Morgan fingerprint density at radius 1 is 1.15 bits per heavy atom. The van der Waals surface area contributed by atoms with Crippen LogP contribution in [0.1, 0.15) is 18.4 Å². The predicted octanol–water partition coefficient (Wildman–Crippen LogP) is 0.821. The maximum Gasteiger partial charge on any atom is 0.310 e. The van der Waals surface area contributed by atoms with Gasteiger partial charge in [0.15, 0.2) is 19.7 Å². The number of hydrogen-bond donors (Lipinski definition) is 1. The van der Waals surface area contributed by atoms with Crippen LogP contribution in [0.3, 0.4) is 0 Å². The standard InChI is InChI=1S/C11H13FO6S2/c1-6(11(13)14)7-4-8(12)10(20(3,17)18)9(5-7)19(2,15)16/h4-6H,1-3H3,(H,13,14). The van der Waals surface area contributed by atoms with Gasteiger partial charge in [-0.3, -0.25) is 4.79 Å². The highest BCUT2D eigenvalue weighted by atomic mass is 32.2. The highest BCUT2D eigenvalue weighted by Gasteiger charge is 2.28. The molecule has 0 fully saturated rings. The number of rotatable bonds is 4. The number of hydrogen-bond acceptors (Lipinski definition) is 5. The molecule has 0 aromatic heterocycles. The molecule has 1 aromatic carbocycles. The van der Waals surface area contributed by atoms with E-state index in [1.54, 1.807) is 0 Å². The number of carboxylic acids is 1. The molecule has 0 aliphatic heterocycles. The lowest BCUT2D eigenvalue weighted by Crippen LogP contribution is -2.14. The quantitative estimate of drug-likeness (QED) is 0.879. The van der Waals surface area contributed by atoms with Crippen LogP contribution in [-0.4, -0.2) is 40.4 Å². The molecule has 0 spiro atoms. The van der Waals surface area contributed by atoms with Gasteiger partial charge in [0.1, 0.15) is 10.7 Å². The van der Waals surface area contributed by atoms with Gasteiger partial charge >= 0.3 is 5.97 Å². The van der Waals surface area contributed by atoms with E-state index >= 15 is 0 Å². The molecule has 1 aromatic rings. The zero-order chi connectivity index (χ0) is 15.9. The highest BCUT2D eigenvalue weighted by Crippen LogP contribution is 2.29. The molecule has 112 valence electrons. The van der Waals surface area contributed by atoms with Crippen LogP contribution < -0.4 is 0 Å². The van der Waals surface area contributed by atoms with Gasteiger partial charge in [0, 0.05) is 12.5 Å². The summed E-state index contributed by atoms with van der Waals surface area (Å²) in [5.41, 5.74) is -0.122. The molecular formula is C11H13FO6S2. The molecule has 0 saturated heterocycles. The minimum atomic E-state index is -4.11. The predicted molar refractivity (Wildman–Crippen MR) is 68.7 cm³/mol. The van der Waals surface area contributed by atoms with Gasteiger partial charge in [-0.2, -0.15) is 0 Å². The fourth-order valence-electron chi connectivity index (χ4n) is 1.62. The first-order chi connectivity index (χ1) is 8.85. The lowest BCUT2D eigenvalue weighted by Gasteiger charge is -2.13. The van der Waals surface area contributed by atoms with Gasteiger partial charge in [-0.25, -0.2) is 21.2 Å². The van der Waals surface area contributed by atoms with Gasteiger partial charge in [0.2, 0.25) is 0 Å².